The molecule has 2 atom stereocenters. The van der Waals surface area contributed by atoms with Gasteiger partial charge in [-0.25, -0.2) is 27.5 Å². The Morgan fingerprint density at radius 3 is 2.45 bits per heavy atom. The van der Waals surface area contributed by atoms with Crippen molar-refractivity contribution in [2.75, 3.05) is 30.3 Å². The van der Waals surface area contributed by atoms with Crippen LogP contribution in [0.1, 0.15) is 104 Å². The number of anilines is 2. The third-order valence-corrected chi connectivity index (χ3v) is 10.8. The molecule has 11 nitrogen and oxygen atoms in total. The number of nitrogens with zero attached hydrogens (tertiary/aromatic N) is 4. The van der Waals surface area contributed by atoms with Crippen LogP contribution in [0.5, 0.6) is 5.75 Å². The summed E-state index contributed by atoms with van der Waals surface area (Å²) in [5.41, 5.74) is 2.46. The lowest BCUT2D eigenvalue weighted by molar-refractivity contribution is -0.133. The molecule has 55 heavy (non-hydrogen) atoms. The van der Waals surface area contributed by atoms with Gasteiger partial charge in [0, 0.05) is 43.0 Å². The maximum Gasteiger partial charge on any atom is 0.280 e. The number of piperidine rings is 2. The van der Waals surface area contributed by atoms with Crippen LogP contribution in [0.3, 0.4) is 0 Å². The number of ether oxygens (including phenoxy) is 1. The number of likely N-dealkylation sites (tertiary alicyclic amines) is 1. The van der Waals surface area contributed by atoms with Crippen LogP contribution in [-0.2, 0) is 9.59 Å². The summed E-state index contributed by atoms with van der Waals surface area (Å²) in [6.07, 6.45) is 4.95. The molecule has 2 aliphatic heterocycles. The summed E-state index contributed by atoms with van der Waals surface area (Å²) in [6, 6.07) is 12.0. The standard InChI is InChI=1S/C40H45F4N7O4/c1-23(2)55-33-18-35-47-32(21-51(35)20-28(33)38(53)48-34-5-3-4-30(46-34)37(41)42)26-8-6-24(7-9-26)19-50-17-16-29(40(43,44)22-50)25-10-12-27(13-11-25)45-31-14-15-36(52)49-39(31)54/h3-5,10-13,18,20-21,23-24,26,29,31,37,45H,6-9,14-17,19,22H2,1-2H3,(H,46,48,53)(H,49,52,54)/t24-,26-,29?,31?. The Kier molecular flexibility index (Phi) is 11.1. The largest absolute Gasteiger partial charge is 0.490 e. The molecule has 15 heteroatoms. The molecule has 2 saturated heterocycles. The fourth-order valence-corrected chi connectivity index (χ4v) is 8.01. The second-order valence-electron chi connectivity index (χ2n) is 15.2. The molecule has 3 fully saturated rings. The topological polar surface area (TPSA) is 130 Å². The smallest absolute Gasteiger partial charge is 0.280 e. The van der Waals surface area contributed by atoms with Gasteiger partial charge in [0.25, 0.3) is 18.3 Å². The Labute approximate surface area is 316 Å². The quantitative estimate of drug-likeness (QED) is 0.107. The number of hydrogen-bond donors (Lipinski definition) is 3. The number of amides is 3. The van der Waals surface area contributed by atoms with Crippen molar-refractivity contribution in [3.05, 3.63) is 83.4 Å². The summed E-state index contributed by atoms with van der Waals surface area (Å²) >= 11 is 0. The van der Waals surface area contributed by atoms with Crippen molar-refractivity contribution in [1.29, 1.82) is 0 Å². The van der Waals surface area contributed by atoms with Gasteiger partial charge >= 0.3 is 0 Å². The lowest BCUT2D eigenvalue weighted by Crippen LogP contribution is -2.49. The van der Waals surface area contributed by atoms with Crippen LogP contribution < -0.4 is 20.7 Å². The normalized spacial score (nSPS) is 23.2. The molecule has 5 heterocycles. The average Bonchev–Trinajstić information content (AvgIpc) is 3.56. The number of imidazole rings is 1. The summed E-state index contributed by atoms with van der Waals surface area (Å²) in [7, 11) is 0. The first-order valence-corrected chi connectivity index (χ1v) is 18.9. The molecular weight excluding hydrogens is 718 g/mol. The van der Waals surface area contributed by atoms with Crippen molar-refractivity contribution in [3.63, 3.8) is 0 Å². The van der Waals surface area contributed by atoms with Crippen molar-refractivity contribution in [2.45, 2.75) is 95.1 Å². The SMILES string of the molecule is CC(C)Oc1cc2nc([C@H]3CC[C@H](CN4CCC(c5ccc(NC6CCC(=O)NC6=O)cc5)C(F)(F)C4)CC3)cn2cc1C(=O)Nc1cccc(C(F)F)n1. The fraction of sp³-hybridized carbons (Fsp3) is 0.475. The lowest BCUT2D eigenvalue weighted by Gasteiger charge is -2.41. The number of halogens is 4. The van der Waals surface area contributed by atoms with E-state index in [1.54, 1.807) is 40.9 Å². The van der Waals surface area contributed by atoms with Gasteiger partial charge in [0.15, 0.2) is 0 Å². The van der Waals surface area contributed by atoms with E-state index < -0.39 is 35.9 Å². The Hall–Kier alpha value is -5.05. The van der Waals surface area contributed by atoms with Gasteiger partial charge in [-0.3, -0.25) is 24.6 Å². The van der Waals surface area contributed by atoms with Gasteiger partial charge in [0.1, 0.15) is 29.0 Å². The van der Waals surface area contributed by atoms with E-state index in [-0.39, 0.29) is 54.1 Å². The lowest BCUT2D eigenvalue weighted by atomic mass is 9.79. The minimum atomic E-state index is -2.90. The third kappa shape index (κ3) is 8.93. The van der Waals surface area contributed by atoms with Gasteiger partial charge in [-0.15, -0.1) is 0 Å². The van der Waals surface area contributed by atoms with Crippen LogP contribution in [0.25, 0.3) is 5.65 Å². The van der Waals surface area contributed by atoms with Crippen LogP contribution in [-0.4, -0.2) is 74.7 Å². The van der Waals surface area contributed by atoms with Crippen molar-refractivity contribution in [2.24, 2.45) is 5.92 Å². The molecule has 1 aliphatic carbocycles. The molecule has 3 aliphatic rings. The minimum Gasteiger partial charge on any atom is -0.490 e. The molecule has 3 N–H and O–H groups in total. The predicted molar refractivity (Wildman–Crippen MR) is 198 cm³/mol. The van der Waals surface area contributed by atoms with Crippen molar-refractivity contribution in [3.8, 4) is 5.75 Å². The highest BCUT2D eigenvalue weighted by Crippen LogP contribution is 2.42. The van der Waals surface area contributed by atoms with Gasteiger partial charge in [0.05, 0.1) is 29.8 Å². The van der Waals surface area contributed by atoms with Crippen molar-refractivity contribution in [1.82, 2.24) is 24.6 Å². The molecule has 7 rings (SSSR count). The van der Waals surface area contributed by atoms with Gasteiger partial charge < -0.3 is 19.8 Å². The zero-order valence-corrected chi connectivity index (χ0v) is 30.7. The van der Waals surface area contributed by atoms with Crippen molar-refractivity contribution < 1.29 is 36.7 Å². The van der Waals surface area contributed by atoms with Gasteiger partial charge in [-0.05, 0) is 94.7 Å². The predicted octanol–water partition coefficient (Wildman–Crippen LogP) is 7.32. The fourth-order valence-electron chi connectivity index (χ4n) is 8.01. The highest BCUT2D eigenvalue weighted by molar-refractivity contribution is 6.06. The van der Waals surface area contributed by atoms with E-state index in [1.165, 1.54) is 18.2 Å². The number of aromatic nitrogens is 3. The van der Waals surface area contributed by atoms with Crippen LogP contribution >= 0.6 is 0 Å². The van der Waals surface area contributed by atoms with E-state index >= 15 is 8.78 Å². The van der Waals surface area contributed by atoms with Crippen LogP contribution in [0.15, 0.2) is 60.9 Å². The van der Waals surface area contributed by atoms with E-state index in [2.05, 4.69) is 20.9 Å². The number of hydrogen-bond acceptors (Lipinski definition) is 8. The molecule has 3 amide bonds. The molecule has 0 radical (unpaired) electrons. The monoisotopic (exact) mass is 763 g/mol. The maximum absolute atomic E-state index is 15.6. The molecule has 0 spiro atoms. The number of pyridine rings is 2. The molecule has 2 unspecified atom stereocenters. The average molecular weight is 764 g/mol. The molecule has 3 aromatic heterocycles. The first-order chi connectivity index (χ1) is 26.3. The number of rotatable bonds is 11. The number of nitrogens with one attached hydrogen (secondary N) is 3. The Morgan fingerprint density at radius 1 is 1.00 bits per heavy atom. The van der Waals surface area contributed by atoms with Crippen molar-refractivity contribution >= 4 is 34.9 Å². The second kappa shape index (κ2) is 16.0. The Morgan fingerprint density at radius 2 is 1.76 bits per heavy atom. The summed E-state index contributed by atoms with van der Waals surface area (Å²) in [5, 5.41) is 8.01. The summed E-state index contributed by atoms with van der Waals surface area (Å²) < 4.78 is 65.3. The third-order valence-electron chi connectivity index (χ3n) is 10.8. The van der Waals surface area contributed by atoms with Gasteiger partial charge in [-0.1, -0.05) is 18.2 Å². The first-order valence-electron chi connectivity index (χ1n) is 18.9. The molecule has 0 bridgehead atoms. The van der Waals surface area contributed by atoms with E-state index in [4.69, 9.17) is 9.72 Å². The number of alkyl halides is 4. The Balaban J connectivity index is 0.941. The van der Waals surface area contributed by atoms with E-state index in [0.717, 1.165) is 31.4 Å². The number of carbonyl (C=O) groups is 3. The van der Waals surface area contributed by atoms with Crippen LogP contribution in [0.4, 0.5) is 29.1 Å². The molecule has 4 aromatic rings. The van der Waals surface area contributed by atoms with E-state index in [0.29, 0.717) is 48.6 Å². The van der Waals surface area contributed by atoms with Crippen LogP contribution in [0, 0.1) is 5.92 Å². The number of fused-ring (bicyclic) bond motifs is 1. The molecular formula is C40H45F4N7O4. The highest BCUT2D eigenvalue weighted by Gasteiger charge is 2.45. The zero-order chi connectivity index (χ0) is 38.9. The summed E-state index contributed by atoms with van der Waals surface area (Å²) in [5.74, 6) is -4.26. The van der Waals surface area contributed by atoms with E-state index in [1.807, 2.05) is 24.9 Å². The minimum absolute atomic E-state index is 0.00226. The summed E-state index contributed by atoms with van der Waals surface area (Å²) in [6.45, 7) is 4.56. The first kappa shape index (κ1) is 38.2. The summed E-state index contributed by atoms with van der Waals surface area (Å²) in [4.78, 5) is 47.5. The number of carbonyl (C=O) groups excluding carboxylic acids is 3. The van der Waals surface area contributed by atoms with Gasteiger partial charge in [-0.2, -0.15) is 0 Å². The highest BCUT2D eigenvalue weighted by atomic mass is 19.3. The van der Waals surface area contributed by atoms with Crippen LogP contribution in [0.2, 0.25) is 0 Å². The maximum atomic E-state index is 15.6. The molecule has 292 valence electrons. The molecule has 1 saturated carbocycles. The zero-order valence-electron chi connectivity index (χ0n) is 30.7. The second-order valence-corrected chi connectivity index (χ2v) is 15.2. The van der Waals surface area contributed by atoms with Gasteiger partial charge in [0.2, 0.25) is 11.8 Å². The number of imide groups is 1. The molecule has 1 aromatic carbocycles. The van der Waals surface area contributed by atoms with E-state index in [9.17, 15) is 23.2 Å². The number of benzene rings is 1. The Bertz CT molecular complexity index is 2030.